The van der Waals surface area contributed by atoms with Gasteiger partial charge >= 0.3 is 6.18 Å². The van der Waals surface area contributed by atoms with Crippen LogP contribution in [0.15, 0.2) is 18.2 Å². The van der Waals surface area contributed by atoms with Crippen LogP contribution in [-0.2, 0) is 16.0 Å². The Hall–Kier alpha value is -1.77. The summed E-state index contributed by atoms with van der Waals surface area (Å²) in [5.74, 6) is -1.05. The first kappa shape index (κ1) is 17.3. The van der Waals surface area contributed by atoms with Crippen molar-refractivity contribution in [1.82, 2.24) is 4.90 Å². The van der Waals surface area contributed by atoms with Gasteiger partial charge in [0, 0.05) is 19.8 Å². The Morgan fingerprint density at radius 3 is 2.38 bits per heavy atom. The van der Waals surface area contributed by atoms with Gasteiger partial charge in [-0.1, -0.05) is 6.07 Å². The number of alkyl halides is 3. The van der Waals surface area contributed by atoms with E-state index in [4.69, 9.17) is 5.73 Å². The molecule has 0 heterocycles. The molecule has 0 unspecified atom stereocenters. The lowest BCUT2D eigenvalue weighted by Crippen LogP contribution is -2.32. The van der Waals surface area contributed by atoms with Gasteiger partial charge in [0.2, 0.25) is 0 Å². The van der Waals surface area contributed by atoms with Crippen LogP contribution in [0.4, 0.5) is 18.9 Å². The molecule has 0 radical (unpaired) electrons. The number of halogens is 3. The molecule has 0 bridgehead atoms. The molecule has 9 heteroatoms. The topological polar surface area (TPSA) is 80.5 Å². The second kappa shape index (κ2) is 5.92. The predicted octanol–water partition coefficient (Wildman–Crippen LogP) is 1.40. The zero-order valence-electron chi connectivity index (χ0n) is 11.4. The van der Waals surface area contributed by atoms with Gasteiger partial charge < -0.3 is 10.6 Å². The van der Waals surface area contributed by atoms with Gasteiger partial charge in [-0.05, 0) is 12.1 Å². The zero-order chi connectivity index (χ0) is 16.4. The van der Waals surface area contributed by atoms with Gasteiger partial charge in [0.05, 0.1) is 22.6 Å². The number of amides is 1. The maximum absolute atomic E-state index is 12.7. The van der Waals surface area contributed by atoms with E-state index in [1.54, 1.807) is 0 Å². The third-order valence-corrected chi connectivity index (χ3v) is 3.71. The van der Waals surface area contributed by atoms with Crippen LogP contribution in [0.5, 0.6) is 0 Å². The minimum Gasteiger partial charge on any atom is -0.398 e. The van der Waals surface area contributed by atoms with Crippen LogP contribution in [0.1, 0.15) is 15.9 Å². The quantitative estimate of drug-likeness (QED) is 0.849. The van der Waals surface area contributed by atoms with Gasteiger partial charge in [-0.3, -0.25) is 4.79 Å². The third kappa shape index (κ3) is 4.62. The lowest BCUT2D eigenvalue weighted by atomic mass is 10.1. The lowest BCUT2D eigenvalue weighted by Gasteiger charge is -2.19. The number of carbonyl (C=O) groups is 1. The summed E-state index contributed by atoms with van der Waals surface area (Å²) in [6.07, 6.45) is -3.66. The van der Waals surface area contributed by atoms with Crippen molar-refractivity contribution in [1.29, 1.82) is 0 Å². The van der Waals surface area contributed by atoms with E-state index in [-0.39, 0.29) is 17.9 Å². The van der Waals surface area contributed by atoms with Gasteiger partial charge in [0.15, 0.2) is 0 Å². The molecule has 1 aromatic rings. The maximum atomic E-state index is 12.7. The molecule has 0 aromatic heterocycles. The van der Waals surface area contributed by atoms with Crippen molar-refractivity contribution in [2.45, 2.75) is 6.18 Å². The van der Waals surface area contributed by atoms with E-state index in [2.05, 4.69) is 0 Å². The molecule has 0 aliphatic carbocycles. The number of nitrogens with two attached hydrogens (primary N) is 1. The smallest absolute Gasteiger partial charge is 0.398 e. The number of hydrogen-bond acceptors (Lipinski definition) is 4. The molecular formula is C12H15F3N2O3S. The summed E-state index contributed by atoms with van der Waals surface area (Å²) in [5, 5.41) is 0. The fourth-order valence-electron chi connectivity index (χ4n) is 1.61. The third-order valence-electron chi connectivity index (χ3n) is 2.79. The molecule has 1 rings (SSSR count). The SMILES string of the molecule is CN(CCS(C)(=O)=O)C(=O)c1cccc(C(F)(F)F)c1N. The number of rotatable bonds is 4. The van der Waals surface area contributed by atoms with Crippen molar-refractivity contribution in [3.63, 3.8) is 0 Å². The van der Waals surface area contributed by atoms with Crippen LogP contribution in [0, 0.1) is 0 Å². The van der Waals surface area contributed by atoms with Crippen molar-refractivity contribution in [2.24, 2.45) is 0 Å². The lowest BCUT2D eigenvalue weighted by molar-refractivity contribution is -0.136. The van der Waals surface area contributed by atoms with Crippen LogP contribution in [0.2, 0.25) is 0 Å². The van der Waals surface area contributed by atoms with E-state index in [1.807, 2.05) is 0 Å². The van der Waals surface area contributed by atoms with Crippen molar-refractivity contribution < 1.29 is 26.4 Å². The summed E-state index contributed by atoms with van der Waals surface area (Å²) in [5.41, 5.74) is 3.34. The van der Waals surface area contributed by atoms with Crippen molar-refractivity contribution in [2.75, 3.05) is 31.3 Å². The van der Waals surface area contributed by atoms with Crippen molar-refractivity contribution in [3.8, 4) is 0 Å². The van der Waals surface area contributed by atoms with Crippen LogP contribution in [-0.4, -0.2) is 44.8 Å². The molecule has 0 atom stereocenters. The summed E-state index contributed by atoms with van der Waals surface area (Å²) >= 11 is 0. The molecule has 5 nitrogen and oxygen atoms in total. The monoisotopic (exact) mass is 324 g/mol. The highest BCUT2D eigenvalue weighted by Crippen LogP contribution is 2.35. The molecule has 0 aliphatic rings. The fourth-order valence-corrected chi connectivity index (χ4v) is 2.21. The van der Waals surface area contributed by atoms with Crippen LogP contribution >= 0.6 is 0 Å². The second-order valence-electron chi connectivity index (χ2n) is 4.62. The molecule has 0 spiro atoms. The first-order valence-electron chi connectivity index (χ1n) is 5.82. The molecule has 118 valence electrons. The number of benzene rings is 1. The fraction of sp³-hybridized carbons (Fsp3) is 0.417. The number of nitrogen functional groups attached to an aromatic ring is 1. The zero-order valence-corrected chi connectivity index (χ0v) is 12.3. The number of carbonyl (C=O) groups excluding carboxylic acids is 1. The van der Waals surface area contributed by atoms with E-state index in [0.29, 0.717) is 0 Å². The largest absolute Gasteiger partial charge is 0.418 e. The average molecular weight is 324 g/mol. The van der Waals surface area contributed by atoms with Crippen molar-refractivity contribution in [3.05, 3.63) is 29.3 Å². The second-order valence-corrected chi connectivity index (χ2v) is 6.88. The highest BCUT2D eigenvalue weighted by Gasteiger charge is 2.34. The molecular weight excluding hydrogens is 309 g/mol. The highest BCUT2D eigenvalue weighted by molar-refractivity contribution is 7.90. The number of para-hydroxylation sites is 1. The van der Waals surface area contributed by atoms with Crippen molar-refractivity contribution >= 4 is 21.4 Å². The molecule has 1 aromatic carbocycles. The van der Waals surface area contributed by atoms with Crippen LogP contribution < -0.4 is 5.73 Å². The molecule has 0 aliphatic heterocycles. The van der Waals surface area contributed by atoms with E-state index >= 15 is 0 Å². The predicted molar refractivity (Wildman–Crippen MR) is 72.5 cm³/mol. The Morgan fingerprint density at radius 2 is 1.90 bits per heavy atom. The number of nitrogens with zero attached hydrogens (tertiary/aromatic N) is 1. The minimum atomic E-state index is -4.66. The minimum absolute atomic E-state index is 0.132. The number of anilines is 1. The first-order chi connectivity index (χ1) is 9.43. The molecule has 21 heavy (non-hydrogen) atoms. The van der Waals surface area contributed by atoms with Gasteiger partial charge in [0.25, 0.3) is 5.91 Å². The first-order valence-corrected chi connectivity index (χ1v) is 7.88. The Morgan fingerprint density at radius 1 is 1.33 bits per heavy atom. The molecule has 1 amide bonds. The average Bonchev–Trinajstić information content (AvgIpc) is 2.33. The summed E-state index contributed by atoms with van der Waals surface area (Å²) in [4.78, 5) is 13.1. The summed E-state index contributed by atoms with van der Waals surface area (Å²) in [6, 6.07) is 3.03. The Bertz CT molecular complexity index is 642. The summed E-state index contributed by atoms with van der Waals surface area (Å²) < 4.78 is 60.2. The summed E-state index contributed by atoms with van der Waals surface area (Å²) in [6.45, 7) is -0.132. The number of hydrogen-bond donors (Lipinski definition) is 1. The van der Waals surface area contributed by atoms with E-state index in [1.165, 1.54) is 13.1 Å². The normalized spacial score (nSPS) is 12.2. The van der Waals surface area contributed by atoms with E-state index < -0.39 is 33.2 Å². The van der Waals surface area contributed by atoms with Gasteiger partial charge in [-0.25, -0.2) is 8.42 Å². The standard InChI is InChI=1S/C12H15F3N2O3S/c1-17(6-7-21(2,19)20)11(18)8-4-3-5-9(10(8)16)12(13,14)15/h3-5H,6-7,16H2,1-2H3. The Labute approximate surface area is 120 Å². The maximum Gasteiger partial charge on any atom is 0.418 e. The Kier molecular flexibility index (Phi) is 4.87. The molecule has 2 N–H and O–H groups in total. The van der Waals surface area contributed by atoms with E-state index in [9.17, 15) is 26.4 Å². The van der Waals surface area contributed by atoms with Gasteiger partial charge in [0.1, 0.15) is 9.84 Å². The highest BCUT2D eigenvalue weighted by atomic mass is 32.2. The van der Waals surface area contributed by atoms with Crippen LogP contribution in [0.25, 0.3) is 0 Å². The van der Waals surface area contributed by atoms with Gasteiger partial charge in [-0.2, -0.15) is 13.2 Å². The molecule has 0 saturated heterocycles. The van der Waals surface area contributed by atoms with Gasteiger partial charge in [-0.15, -0.1) is 0 Å². The summed E-state index contributed by atoms with van der Waals surface area (Å²) in [7, 11) is -1.98. The molecule has 0 saturated carbocycles. The van der Waals surface area contributed by atoms with Crippen LogP contribution in [0.3, 0.4) is 0 Å². The number of sulfone groups is 1. The Balaban J connectivity index is 3.03. The molecule has 0 fully saturated rings. The van der Waals surface area contributed by atoms with E-state index in [0.717, 1.165) is 23.3 Å².